The van der Waals surface area contributed by atoms with Gasteiger partial charge in [-0.2, -0.15) is 4.68 Å². The van der Waals surface area contributed by atoms with Crippen molar-refractivity contribution in [1.82, 2.24) is 20.2 Å². The maximum atomic E-state index is 12.6. The Labute approximate surface area is 190 Å². The largest absolute Gasteiger partial charge is 0.448 e. The molecule has 1 aliphatic carbocycles. The number of carbonyl (C=O) groups is 1. The fourth-order valence-electron chi connectivity index (χ4n) is 4.34. The van der Waals surface area contributed by atoms with Gasteiger partial charge in [0.05, 0.1) is 11.4 Å². The summed E-state index contributed by atoms with van der Waals surface area (Å²) in [5, 5.41) is 15.5. The Kier molecular flexibility index (Phi) is 5.50. The second-order valence-electron chi connectivity index (χ2n) is 8.29. The molecule has 1 aromatic heterocycles. The maximum absolute atomic E-state index is 12.6. The van der Waals surface area contributed by atoms with Crippen molar-refractivity contribution in [3.63, 3.8) is 0 Å². The third-order valence-corrected chi connectivity index (χ3v) is 6.78. The first-order valence-corrected chi connectivity index (χ1v) is 11.8. The summed E-state index contributed by atoms with van der Waals surface area (Å²) in [6.07, 6.45) is 5.23. The van der Waals surface area contributed by atoms with Crippen molar-refractivity contribution in [2.24, 2.45) is 0 Å². The van der Waals surface area contributed by atoms with Crippen LogP contribution >= 0.6 is 11.8 Å². The molecule has 1 N–H and O–H groups in total. The van der Waals surface area contributed by atoms with Gasteiger partial charge in [-0.15, -0.1) is 5.10 Å². The molecule has 5 rings (SSSR count). The van der Waals surface area contributed by atoms with Gasteiger partial charge in [-0.25, -0.2) is 0 Å². The summed E-state index contributed by atoms with van der Waals surface area (Å²) >= 11 is 1.30. The van der Waals surface area contributed by atoms with Crippen molar-refractivity contribution in [1.29, 1.82) is 0 Å². The lowest BCUT2D eigenvalue weighted by molar-refractivity contribution is -0.113. The van der Waals surface area contributed by atoms with E-state index in [1.165, 1.54) is 18.2 Å². The molecule has 0 saturated heterocycles. The van der Waals surface area contributed by atoms with Crippen molar-refractivity contribution in [2.75, 3.05) is 11.1 Å². The number of aryl methyl sites for hydroxylation is 2. The highest BCUT2D eigenvalue weighted by Crippen LogP contribution is 2.46. The minimum absolute atomic E-state index is 0.141. The molecule has 2 heterocycles. The molecule has 0 radical (unpaired) electrons. The smallest absolute Gasteiger partial charge is 0.251 e. The van der Waals surface area contributed by atoms with Crippen molar-refractivity contribution >= 4 is 23.4 Å². The van der Waals surface area contributed by atoms with Crippen LogP contribution in [0.1, 0.15) is 43.2 Å². The van der Waals surface area contributed by atoms with E-state index in [1.807, 2.05) is 50.2 Å². The molecule has 1 spiro atoms. The number of hydrogen-bond acceptors (Lipinski definition) is 7. The van der Waals surface area contributed by atoms with E-state index in [9.17, 15) is 4.79 Å². The number of para-hydroxylation sites is 1. The molecule has 8 nitrogen and oxygen atoms in total. The van der Waals surface area contributed by atoms with Gasteiger partial charge in [0.2, 0.25) is 11.1 Å². The third kappa shape index (κ3) is 4.04. The Balaban J connectivity index is 1.23. The number of anilines is 1. The molecule has 0 bridgehead atoms. The van der Waals surface area contributed by atoms with Crippen LogP contribution < -0.4 is 14.8 Å². The topological polar surface area (TPSA) is 91.2 Å². The molecule has 0 unspecified atom stereocenters. The number of hydrogen-bond donors (Lipinski definition) is 1. The summed E-state index contributed by atoms with van der Waals surface area (Å²) in [6, 6.07) is 11.6. The van der Waals surface area contributed by atoms with Gasteiger partial charge in [0.1, 0.15) is 0 Å². The van der Waals surface area contributed by atoms with Crippen LogP contribution in [0.15, 0.2) is 41.6 Å². The highest BCUT2D eigenvalue weighted by molar-refractivity contribution is 7.99. The molecular formula is C23H25N5O3S. The number of amides is 1. The van der Waals surface area contributed by atoms with E-state index in [4.69, 9.17) is 9.47 Å². The summed E-state index contributed by atoms with van der Waals surface area (Å²) in [5.41, 5.74) is 3.76. The number of benzene rings is 2. The van der Waals surface area contributed by atoms with Crippen LogP contribution in [0.5, 0.6) is 11.5 Å². The normalized spacial score (nSPS) is 16.3. The number of aromatic nitrogens is 4. The molecule has 1 fully saturated rings. The lowest BCUT2D eigenvalue weighted by Gasteiger charge is -2.31. The van der Waals surface area contributed by atoms with Gasteiger partial charge >= 0.3 is 0 Å². The molecule has 2 aromatic carbocycles. The van der Waals surface area contributed by atoms with Crippen LogP contribution in [0.25, 0.3) is 5.69 Å². The average molecular weight is 452 g/mol. The Hall–Kier alpha value is -3.07. The molecule has 1 amide bonds. The minimum Gasteiger partial charge on any atom is -0.448 e. The lowest BCUT2D eigenvalue weighted by atomic mass is 9.94. The van der Waals surface area contributed by atoms with Gasteiger partial charge in [-0.05, 0) is 60.4 Å². The highest BCUT2D eigenvalue weighted by Gasteiger charge is 2.42. The molecule has 0 atom stereocenters. The van der Waals surface area contributed by atoms with E-state index in [1.54, 1.807) is 4.68 Å². The summed E-state index contributed by atoms with van der Waals surface area (Å²) in [6.45, 7) is 4.03. The zero-order valence-electron chi connectivity index (χ0n) is 18.1. The Morgan fingerprint density at radius 2 is 1.84 bits per heavy atom. The van der Waals surface area contributed by atoms with Crippen LogP contribution in [0.2, 0.25) is 0 Å². The van der Waals surface area contributed by atoms with Gasteiger partial charge in [0.15, 0.2) is 11.5 Å². The molecule has 1 saturated carbocycles. The van der Waals surface area contributed by atoms with E-state index in [0.717, 1.165) is 48.2 Å². The summed E-state index contributed by atoms with van der Waals surface area (Å²) < 4.78 is 13.9. The van der Waals surface area contributed by atoms with Gasteiger partial charge in [-0.1, -0.05) is 36.4 Å². The number of thioether (sulfide) groups is 1. The molecule has 1 aliphatic heterocycles. The highest BCUT2D eigenvalue weighted by atomic mass is 32.2. The van der Waals surface area contributed by atoms with Crippen LogP contribution in [-0.2, 0) is 4.79 Å². The standard InChI is InChI=1S/C23H25N5O3S/c1-15-7-6-8-16(2)21(15)28-22(25-26-27-28)32-14-20(29)24-17-9-10-18-19(13-17)31-23(30-18)11-4-3-5-12-23/h6-10,13H,3-5,11-12,14H2,1-2H3,(H,24,29). The fraction of sp³-hybridized carbons (Fsp3) is 0.391. The Bertz CT molecular complexity index is 1140. The predicted molar refractivity (Wildman–Crippen MR) is 121 cm³/mol. The summed E-state index contributed by atoms with van der Waals surface area (Å²) in [4.78, 5) is 12.6. The molecular weight excluding hydrogens is 426 g/mol. The monoisotopic (exact) mass is 451 g/mol. The lowest BCUT2D eigenvalue weighted by Crippen LogP contribution is -2.40. The zero-order valence-corrected chi connectivity index (χ0v) is 18.9. The molecule has 166 valence electrons. The van der Waals surface area contributed by atoms with E-state index in [0.29, 0.717) is 16.6 Å². The van der Waals surface area contributed by atoms with Crippen molar-refractivity contribution < 1.29 is 14.3 Å². The summed E-state index contributed by atoms with van der Waals surface area (Å²) in [7, 11) is 0. The van der Waals surface area contributed by atoms with Crippen LogP contribution in [-0.4, -0.2) is 37.7 Å². The molecule has 9 heteroatoms. The Morgan fingerprint density at radius 1 is 1.09 bits per heavy atom. The number of nitrogens with zero attached hydrogens (tertiary/aromatic N) is 4. The first-order valence-electron chi connectivity index (χ1n) is 10.8. The summed E-state index contributed by atoms with van der Waals surface area (Å²) in [5.74, 6) is 0.953. The van der Waals surface area contributed by atoms with Crippen molar-refractivity contribution in [3.8, 4) is 17.2 Å². The third-order valence-electron chi connectivity index (χ3n) is 5.86. The van der Waals surface area contributed by atoms with Crippen LogP contribution in [0.3, 0.4) is 0 Å². The molecule has 32 heavy (non-hydrogen) atoms. The maximum Gasteiger partial charge on any atom is 0.251 e. The van der Waals surface area contributed by atoms with E-state index < -0.39 is 5.79 Å². The van der Waals surface area contributed by atoms with Crippen molar-refractivity contribution in [3.05, 3.63) is 47.5 Å². The van der Waals surface area contributed by atoms with E-state index >= 15 is 0 Å². The van der Waals surface area contributed by atoms with Gasteiger partial charge in [-0.3, -0.25) is 4.79 Å². The number of tetrazole rings is 1. The van der Waals surface area contributed by atoms with E-state index in [-0.39, 0.29) is 11.7 Å². The second kappa shape index (κ2) is 8.46. The van der Waals surface area contributed by atoms with Gasteiger partial charge in [0, 0.05) is 24.6 Å². The minimum atomic E-state index is -0.524. The Morgan fingerprint density at radius 3 is 2.62 bits per heavy atom. The SMILES string of the molecule is Cc1cccc(C)c1-n1nnnc1SCC(=O)Nc1ccc2c(c1)OC1(CCCCC1)O2. The van der Waals surface area contributed by atoms with Crippen molar-refractivity contribution in [2.45, 2.75) is 56.9 Å². The van der Waals surface area contributed by atoms with Crippen LogP contribution in [0, 0.1) is 13.8 Å². The van der Waals surface area contributed by atoms with E-state index in [2.05, 4.69) is 20.8 Å². The quantitative estimate of drug-likeness (QED) is 0.573. The number of carbonyl (C=O) groups excluding carboxylic acids is 1. The van der Waals surface area contributed by atoms with Crippen LogP contribution in [0.4, 0.5) is 5.69 Å². The zero-order chi connectivity index (χ0) is 22.1. The van der Waals surface area contributed by atoms with Gasteiger partial charge in [0.25, 0.3) is 5.79 Å². The van der Waals surface area contributed by atoms with Gasteiger partial charge < -0.3 is 14.8 Å². The predicted octanol–water partition coefficient (Wildman–Crippen LogP) is 4.44. The number of nitrogens with one attached hydrogen (secondary N) is 1. The number of ether oxygens (including phenoxy) is 2. The average Bonchev–Trinajstić information content (AvgIpc) is 3.36. The molecule has 2 aliphatic rings. The number of rotatable bonds is 5. The fourth-order valence-corrected chi connectivity index (χ4v) is 5.02. The number of fused-ring (bicyclic) bond motifs is 1. The first kappa shape index (κ1) is 20.8. The first-order chi connectivity index (χ1) is 15.5. The second-order valence-corrected chi connectivity index (χ2v) is 9.23. The molecule has 3 aromatic rings.